The van der Waals surface area contributed by atoms with Crippen LogP contribution in [-0.4, -0.2) is 33.5 Å². The van der Waals surface area contributed by atoms with E-state index in [0.29, 0.717) is 22.8 Å². The maximum Gasteiger partial charge on any atom is 0.271 e. The molecular weight excluding hydrogens is 315 g/mol. The monoisotopic (exact) mass is 332 g/mol. The summed E-state index contributed by atoms with van der Waals surface area (Å²) in [5, 5.41) is 3.85. The third kappa shape index (κ3) is 4.01. The van der Waals surface area contributed by atoms with Gasteiger partial charge in [-0.05, 0) is 30.3 Å². The van der Waals surface area contributed by atoms with Crippen LogP contribution in [0.4, 0.5) is 4.39 Å². The van der Waals surface area contributed by atoms with Crippen molar-refractivity contribution in [2.45, 2.75) is 0 Å². The molecule has 0 saturated carbocycles. The van der Waals surface area contributed by atoms with Gasteiger partial charge in [0.05, 0.1) is 27.5 Å². The number of halogens is 1. The van der Waals surface area contributed by atoms with Crippen molar-refractivity contribution in [1.82, 2.24) is 5.43 Å². The Bertz CT molecular complexity index is 737. The van der Waals surface area contributed by atoms with Crippen LogP contribution in [-0.2, 0) is 0 Å². The van der Waals surface area contributed by atoms with Crippen molar-refractivity contribution in [2.24, 2.45) is 5.10 Å². The molecule has 126 valence electrons. The number of hydrogen-bond acceptors (Lipinski definition) is 5. The molecule has 1 amide bonds. The van der Waals surface area contributed by atoms with Gasteiger partial charge in [0.15, 0.2) is 11.5 Å². The van der Waals surface area contributed by atoms with Crippen LogP contribution in [0.1, 0.15) is 15.9 Å². The summed E-state index contributed by atoms with van der Waals surface area (Å²) in [5.41, 5.74) is 3.14. The van der Waals surface area contributed by atoms with Crippen LogP contribution >= 0.6 is 0 Å². The van der Waals surface area contributed by atoms with Gasteiger partial charge < -0.3 is 14.2 Å². The predicted molar refractivity (Wildman–Crippen MR) is 87.6 cm³/mol. The fourth-order valence-corrected chi connectivity index (χ4v) is 2.04. The smallest absolute Gasteiger partial charge is 0.271 e. The van der Waals surface area contributed by atoms with Crippen LogP contribution in [0.15, 0.2) is 41.5 Å². The number of nitrogens with zero attached hydrogens (tertiary/aromatic N) is 1. The molecule has 24 heavy (non-hydrogen) atoms. The van der Waals surface area contributed by atoms with Crippen molar-refractivity contribution in [3.05, 3.63) is 53.3 Å². The Hall–Kier alpha value is -3.09. The van der Waals surface area contributed by atoms with E-state index in [9.17, 15) is 9.18 Å². The summed E-state index contributed by atoms with van der Waals surface area (Å²) in [5.74, 6) is 0.389. The lowest BCUT2D eigenvalue weighted by Crippen LogP contribution is -2.17. The van der Waals surface area contributed by atoms with E-state index in [0.717, 1.165) is 6.07 Å². The Labute approximate surface area is 138 Å². The van der Waals surface area contributed by atoms with Gasteiger partial charge in [-0.2, -0.15) is 5.10 Å². The summed E-state index contributed by atoms with van der Waals surface area (Å²) >= 11 is 0. The van der Waals surface area contributed by atoms with Crippen molar-refractivity contribution in [3.8, 4) is 17.2 Å². The first kappa shape index (κ1) is 17.3. The van der Waals surface area contributed by atoms with Gasteiger partial charge in [-0.1, -0.05) is 6.07 Å². The van der Waals surface area contributed by atoms with Crippen LogP contribution < -0.4 is 19.6 Å². The van der Waals surface area contributed by atoms with Crippen LogP contribution in [0, 0.1) is 5.82 Å². The SMILES string of the molecule is COc1cc(C=NNC(=O)c2cccc(F)c2)cc(OC)c1OC. The predicted octanol–water partition coefficient (Wildman–Crippen LogP) is 2.62. The maximum absolute atomic E-state index is 13.1. The molecule has 2 aromatic rings. The molecule has 0 spiro atoms. The molecule has 1 N–H and O–H groups in total. The summed E-state index contributed by atoms with van der Waals surface area (Å²) in [6.45, 7) is 0. The molecule has 0 radical (unpaired) electrons. The summed E-state index contributed by atoms with van der Waals surface area (Å²) < 4.78 is 28.8. The summed E-state index contributed by atoms with van der Waals surface area (Å²) in [6.07, 6.45) is 1.42. The Morgan fingerprint density at radius 1 is 1.08 bits per heavy atom. The Kier molecular flexibility index (Phi) is 5.73. The second-order valence-corrected chi connectivity index (χ2v) is 4.67. The van der Waals surface area contributed by atoms with Gasteiger partial charge in [-0.15, -0.1) is 0 Å². The molecule has 0 aliphatic carbocycles. The maximum atomic E-state index is 13.1. The molecule has 2 aromatic carbocycles. The lowest BCUT2D eigenvalue weighted by Gasteiger charge is -2.12. The van der Waals surface area contributed by atoms with E-state index in [-0.39, 0.29) is 5.56 Å². The molecule has 0 unspecified atom stereocenters. The first-order valence-corrected chi connectivity index (χ1v) is 6.98. The largest absolute Gasteiger partial charge is 0.493 e. The topological polar surface area (TPSA) is 69.2 Å². The quantitative estimate of drug-likeness (QED) is 0.652. The van der Waals surface area contributed by atoms with Crippen molar-refractivity contribution in [2.75, 3.05) is 21.3 Å². The molecule has 0 fully saturated rings. The molecule has 0 bridgehead atoms. The molecule has 2 rings (SSSR count). The van der Waals surface area contributed by atoms with Crippen molar-refractivity contribution in [3.63, 3.8) is 0 Å². The number of hydrogen-bond donors (Lipinski definition) is 1. The average molecular weight is 332 g/mol. The Balaban J connectivity index is 2.15. The molecule has 6 nitrogen and oxygen atoms in total. The van der Waals surface area contributed by atoms with E-state index in [2.05, 4.69) is 10.5 Å². The third-order valence-electron chi connectivity index (χ3n) is 3.15. The highest BCUT2D eigenvalue weighted by molar-refractivity contribution is 5.95. The summed E-state index contributed by atoms with van der Waals surface area (Å²) in [7, 11) is 4.52. The van der Waals surface area contributed by atoms with Gasteiger partial charge in [0.25, 0.3) is 5.91 Å². The standard InChI is InChI=1S/C17H17FN2O4/c1-22-14-7-11(8-15(23-2)16(14)24-3)10-19-20-17(21)12-5-4-6-13(18)9-12/h4-10H,1-3H3,(H,20,21). The zero-order valence-corrected chi connectivity index (χ0v) is 13.5. The lowest BCUT2D eigenvalue weighted by atomic mass is 10.2. The van der Waals surface area contributed by atoms with Crippen molar-refractivity contribution < 1.29 is 23.4 Å². The minimum atomic E-state index is -0.516. The second-order valence-electron chi connectivity index (χ2n) is 4.67. The van der Waals surface area contributed by atoms with Gasteiger partial charge in [0.1, 0.15) is 5.82 Å². The number of nitrogens with one attached hydrogen (secondary N) is 1. The molecule has 7 heteroatoms. The van der Waals surface area contributed by atoms with E-state index in [1.807, 2.05) is 0 Å². The number of hydrazone groups is 1. The Morgan fingerprint density at radius 3 is 2.29 bits per heavy atom. The number of methoxy groups -OCH3 is 3. The zero-order chi connectivity index (χ0) is 17.5. The molecule has 0 heterocycles. The fraction of sp³-hybridized carbons (Fsp3) is 0.176. The highest BCUT2D eigenvalue weighted by atomic mass is 19.1. The van der Waals surface area contributed by atoms with Crippen molar-refractivity contribution >= 4 is 12.1 Å². The van der Waals surface area contributed by atoms with Crippen molar-refractivity contribution in [1.29, 1.82) is 0 Å². The van der Waals surface area contributed by atoms with Gasteiger partial charge in [0.2, 0.25) is 5.75 Å². The van der Waals surface area contributed by atoms with E-state index >= 15 is 0 Å². The van der Waals surface area contributed by atoms with Crippen LogP contribution in [0.5, 0.6) is 17.2 Å². The number of benzene rings is 2. The molecule has 0 aliphatic rings. The minimum absolute atomic E-state index is 0.178. The number of rotatable bonds is 6. The van der Waals surface area contributed by atoms with Crippen LogP contribution in [0.3, 0.4) is 0 Å². The number of carbonyl (C=O) groups excluding carboxylic acids is 1. The molecular formula is C17H17FN2O4. The van der Waals surface area contributed by atoms with E-state index in [1.54, 1.807) is 12.1 Å². The highest BCUT2D eigenvalue weighted by Gasteiger charge is 2.12. The van der Waals surface area contributed by atoms with Crippen LogP contribution in [0.2, 0.25) is 0 Å². The Morgan fingerprint density at radius 2 is 1.75 bits per heavy atom. The van der Waals surface area contributed by atoms with Gasteiger partial charge in [0, 0.05) is 11.1 Å². The molecule has 0 aliphatic heterocycles. The average Bonchev–Trinajstić information content (AvgIpc) is 2.60. The first-order valence-electron chi connectivity index (χ1n) is 6.98. The first-order chi connectivity index (χ1) is 11.6. The number of amides is 1. The summed E-state index contributed by atoms with van der Waals surface area (Å²) in [6, 6.07) is 8.69. The van der Waals surface area contributed by atoms with Gasteiger partial charge >= 0.3 is 0 Å². The van der Waals surface area contributed by atoms with Crippen LogP contribution in [0.25, 0.3) is 0 Å². The van der Waals surface area contributed by atoms with Gasteiger partial charge in [-0.25, -0.2) is 9.82 Å². The fourth-order valence-electron chi connectivity index (χ4n) is 2.04. The number of carbonyl (C=O) groups is 1. The molecule has 0 atom stereocenters. The normalized spacial score (nSPS) is 10.5. The number of ether oxygens (including phenoxy) is 3. The molecule has 0 aromatic heterocycles. The van der Waals surface area contributed by atoms with E-state index in [1.165, 1.54) is 45.7 Å². The lowest BCUT2D eigenvalue weighted by molar-refractivity contribution is 0.0954. The third-order valence-corrected chi connectivity index (χ3v) is 3.15. The minimum Gasteiger partial charge on any atom is -0.493 e. The summed E-state index contributed by atoms with van der Waals surface area (Å²) in [4.78, 5) is 11.9. The zero-order valence-electron chi connectivity index (χ0n) is 13.5. The highest BCUT2D eigenvalue weighted by Crippen LogP contribution is 2.37. The van der Waals surface area contributed by atoms with E-state index < -0.39 is 11.7 Å². The van der Waals surface area contributed by atoms with Gasteiger partial charge in [-0.3, -0.25) is 4.79 Å². The molecule has 0 saturated heterocycles. The second kappa shape index (κ2) is 7.96. The van der Waals surface area contributed by atoms with E-state index in [4.69, 9.17) is 14.2 Å².